The highest BCUT2D eigenvalue weighted by Gasteiger charge is 2.25. The van der Waals surface area contributed by atoms with Crippen LogP contribution in [0.2, 0.25) is 0 Å². The van der Waals surface area contributed by atoms with E-state index in [1.165, 1.54) is 49.8 Å². The lowest BCUT2D eigenvalue weighted by atomic mass is 10.2. The first-order valence-electron chi connectivity index (χ1n) is 7.98. The summed E-state index contributed by atoms with van der Waals surface area (Å²) in [5.41, 5.74) is 7.84. The Morgan fingerprint density at radius 3 is 2.86 bits per heavy atom. The highest BCUT2D eigenvalue weighted by atomic mass is 15.3. The number of unbranched alkanes of at least 4 members (excludes halogenated alkanes) is 1. The molecule has 1 saturated heterocycles. The summed E-state index contributed by atoms with van der Waals surface area (Å²) in [7, 11) is 2.39. The topological polar surface area (TPSA) is 55.4 Å². The normalized spacial score (nSPS) is 17.4. The summed E-state index contributed by atoms with van der Waals surface area (Å²) in [5.74, 6) is 0.808. The van der Waals surface area contributed by atoms with E-state index < -0.39 is 0 Å². The number of nitrogens with zero attached hydrogens (tertiary/aromatic N) is 3. The Morgan fingerprint density at radius 2 is 2.10 bits per heavy atom. The second kappa shape index (κ2) is 5.93. The SMILES string of the molecule is C[N+]1(CCCCNc2nn3ccccc3c2N)CCCC1. The number of nitrogen functional groups attached to an aromatic ring is 1. The average Bonchev–Trinajstić information content (AvgIpc) is 3.05. The predicted octanol–water partition coefficient (Wildman–Crippen LogP) is 2.35. The third kappa shape index (κ3) is 3.13. The van der Waals surface area contributed by atoms with Crippen molar-refractivity contribution in [1.29, 1.82) is 0 Å². The quantitative estimate of drug-likeness (QED) is 0.634. The lowest BCUT2D eigenvalue weighted by molar-refractivity contribution is -0.897. The van der Waals surface area contributed by atoms with Gasteiger partial charge in [0.1, 0.15) is 5.69 Å². The third-order valence-electron chi connectivity index (χ3n) is 4.64. The standard InChI is InChI=1S/C16H26N5/c1-21(12-6-7-13-21)11-5-3-9-18-16-15(17)14-8-2-4-10-20(14)19-16/h2,4,8,10H,3,5-7,9,11-13,17H2,1H3,(H,18,19)/q+1. The molecule has 0 radical (unpaired) electrons. The molecule has 0 aliphatic carbocycles. The molecule has 2 aromatic heterocycles. The number of pyridine rings is 1. The molecule has 2 aromatic rings. The molecular weight excluding hydrogens is 262 g/mol. The number of anilines is 2. The van der Waals surface area contributed by atoms with Crippen molar-refractivity contribution in [3.05, 3.63) is 24.4 Å². The number of hydrogen-bond donors (Lipinski definition) is 2. The van der Waals surface area contributed by atoms with Crippen molar-refractivity contribution in [3.8, 4) is 0 Å². The molecule has 0 aromatic carbocycles. The molecule has 5 nitrogen and oxygen atoms in total. The van der Waals surface area contributed by atoms with Crippen molar-refractivity contribution >= 4 is 17.0 Å². The van der Waals surface area contributed by atoms with Crippen LogP contribution >= 0.6 is 0 Å². The van der Waals surface area contributed by atoms with Gasteiger partial charge in [0, 0.05) is 25.6 Å². The number of nitrogens with one attached hydrogen (secondary N) is 1. The van der Waals surface area contributed by atoms with Crippen LogP contribution in [0.25, 0.3) is 5.52 Å². The van der Waals surface area contributed by atoms with Gasteiger partial charge in [-0.2, -0.15) is 0 Å². The fourth-order valence-electron chi connectivity index (χ4n) is 3.30. The molecule has 3 rings (SSSR count). The molecule has 0 spiro atoms. The van der Waals surface area contributed by atoms with Gasteiger partial charge >= 0.3 is 0 Å². The van der Waals surface area contributed by atoms with E-state index in [-0.39, 0.29) is 0 Å². The highest BCUT2D eigenvalue weighted by molar-refractivity contribution is 5.80. The Bertz CT molecular complexity index is 598. The van der Waals surface area contributed by atoms with Crippen LogP contribution in [0.15, 0.2) is 24.4 Å². The Balaban J connectivity index is 1.47. The van der Waals surface area contributed by atoms with Gasteiger partial charge < -0.3 is 15.5 Å². The van der Waals surface area contributed by atoms with Crippen LogP contribution in [-0.2, 0) is 0 Å². The predicted molar refractivity (Wildman–Crippen MR) is 87.3 cm³/mol. The molecule has 0 atom stereocenters. The van der Waals surface area contributed by atoms with Gasteiger partial charge in [0.25, 0.3) is 0 Å². The molecule has 0 saturated carbocycles. The number of quaternary nitrogens is 1. The molecule has 3 heterocycles. The van der Waals surface area contributed by atoms with Gasteiger partial charge in [-0.05, 0) is 25.0 Å². The van der Waals surface area contributed by atoms with Crippen molar-refractivity contribution < 1.29 is 4.48 Å². The zero-order valence-electron chi connectivity index (χ0n) is 12.9. The van der Waals surface area contributed by atoms with Crippen molar-refractivity contribution in [2.24, 2.45) is 0 Å². The molecule has 0 amide bonds. The lowest BCUT2D eigenvalue weighted by Gasteiger charge is -2.29. The largest absolute Gasteiger partial charge is 0.394 e. The third-order valence-corrected chi connectivity index (χ3v) is 4.64. The monoisotopic (exact) mass is 288 g/mol. The van der Waals surface area contributed by atoms with E-state index in [9.17, 15) is 0 Å². The smallest absolute Gasteiger partial charge is 0.172 e. The Morgan fingerprint density at radius 1 is 1.29 bits per heavy atom. The van der Waals surface area contributed by atoms with Crippen molar-refractivity contribution in [2.75, 3.05) is 44.3 Å². The molecule has 0 bridgehead atoms. The van der Waals surface area contributed by atoms with E-state index in [0.29, 0.717) is 0 Å². The van der Waals surface area contributed by atoms with Gasteiger partial charge in [-0.3, -0.25) is 0 Å². The number of likely N-dealkylation sites (tertiary alicyclic amines) is 1. The summed E-state index contributed by atoms with van der Waals surface area (Å²) in [4.78, 5) is 0. The second-order valence-corrected chi connectivity index (χ2v) is 6.42. The van der Waals surface area contributed by atoms with Crippen LogP contribution in [0.4, 0.5) is 11.5 Å². The maximum Gasteiger partial charge on any atom is 0.172 e. The summed E-state index contributed by atoms with van der Waals surface area (Å²) in [6.07, 6.45) is 7.15. The van der Waals surface area contributed by atoms with E-state index in [4.69, 9.17) is 5.73 Å². The number of aromatic nitrogens is 2. The van der Waals surface area contributed by atoms with Crippen molar-refractivity contribution in [1.82, 2.24) is 9.61 Å². The molecule has 21 heavy (non-hydrogen) atoms. The van der Waals surface area contributed by atoms with Gasteiger partial charge in [0.2, 0.25) is 0 Å². The zero-order chi connectivity index (χ0) is 14.7. The Hall–Kier alpha value is -1.75. The minimum atomic E-state index is 0.745. The number of fused-ring (bicyclic) bond motifs is 1. The first-order valence-corrected chi connectivity index (χ1v) is 7.98. The first-order chi connectivity index (χ1) is 10.2. The van der Waals surface area contributed by atoms with Gasteiger partial charge in [-0.25, -0.2) is 4.52 Å². The van der Waals surface area contributed by atoms with Crippen LogP contribution in [-0.4, -0.2) is 47.3 Å². The van der Waals surface area contributed by atoms with E-state index in [1.54, 1.807) is 0 Å². The summed E-state index contributed by atoms with van der Waals surface area (Å²) >= 11 is 0. The molecule has 114 valence electrons. The Labute approximate surface area is 126 Å². The van der Waals surface area contributed by atoms with Crippen molar-refractivity contribution in [2.45, 2.75) is 25.7 Å². The van der Waals surface area contributed by atoms with Gasteiger partial charge in [-0.1, -0.05) is 6.07 Å². The molecule has 1 aliphatic rings. The summed E-state index contributed by atoms with van der Waals surface area (Å²) in [6, 6.07) is 5.94. The van der Waals surface area contributed by atoms with E-state index in [1.807, 2.05) is 28.9 Å². The second-order valence-electron chi connectivity index (χ2n) is 6.42. The minimum absolute atomic E-state index is 0.745. The maximum absolute atomic E-state index is 6.13. The van der Waals surface area contributed by atoms with Crippen LogP contribution in [0, 0.1) is 0 Å². The highest BCUT2D eigenvalue weighted by Crippen LogP contribution is 2.22. The van der Waals surface area contributed by atoms with Gasteiger partial charge in [0.15, 0.2) is 5.82 Å². The van der Waals surface area contributed by atoms with E-state index in [2.05, 4.69) is 17.5 Å². The average molecular weight is 288 g/mol. The molecule has 0 unspecified atom stereocenters. The zero-order valence-corrected chi connectivity index (χ0v) is 12.9. The molecule has 1 aliphatic heterocycles. The Kier molecular flexibility index (Phi) is 4.01. The van der Waals surface area contributed by atoms with Crippen LogP contribution in [0.1, 0.15) is 25.7 Å². The minimum Gasteiger partial charge on any atom is -0.394 e. The fraction of sp³-hybridized carbons (Fsp3) is 0.562. The fourth-order valence-corrected chi connectivity index (χ4v) is 3.30. The maximum atomic E-state index is 6.13. The number of nitrogens with two attached hydrogens (primary N) is 1. The first kappa shape index (κ1) is 14.2. The van der Waals surface area contributed by atoms with Gasteiger partial charge in [-0.15, -0.1) is 5.10 Å². The van der Waals surface area contributed by atoms with E-state index in [0.717, 1.165) is 23.6 Å². The van der Waals surface area contributed by atoms with Gasteiger partial charge in [0.05, 0.1) is 32.2 Å². The van der Waals surface area contributed by atoms with E-state index >= 15 is 0 Å². The molecule has 3 N–H and O–H groups in total. The van der Waals surface area contributed by atoms with Crippen molar-refractivity contribution in [3.63, 3.8) is 0 Å². The number of hydrogen-bond acceptors (Lipinski definition) is 3. The summed E-state index contributed by atoms with van der Waals surface area (Å²) in [6.45, 7) is 4.94. The van der Waals surface area contributed by atoms with Crippen LogP contribution < -0.4 is 11.1 Å². The molecule has 5 heteroatoms. The number of rotatable bonds is 6. The molecule has 1 fully saturated rings. The summed E-state index contributed by atoms with van der Waals surface area (Å²) < 4.78 is 3.09. The summed E-state index contributed by atoms with van der Waals surface area (Å²) in [5, 5.41) is 7.85. The van der Waals surface area contributed by atoms with Crippen LogP contribution in [0.3, 0.4) is 0 Å². The lowest BCUT2D eigenvalue weighted by Crippen LogP contribution is -2.41. The van der Waals surface area contributed by atoms with Crippen LogP contribution in [0.5, 0.6) is 0 Å². The molecular formula is C16H26N5+.